The zero-order valence-corrected chi connectivity index (χ0v) is 8.37. The molecule has 3 nitrogen and oxygen atoms in total. The Morgan fingerprint density at radius 2 is 2.46 bits per heavy atom. The SMILES string of the molecule is CN(Cc1cccnc1)C(=O)CS. The number of rotatable bonds is 3. The quantitative estimate of drug-likeness (QED) is 0.731. The van der Waals surface area contributed by atoms with Gasteiger partial charge in [-0.05, 0) is 11.6 Å². The van der Waals surface area contributed by atoms with Gasteiger partial charge in [-0.25, -0.2) is 0 Å². The van der Waals surface area contributed by atoms with Crippen LogP contribution in [-0.4, -0.2) is 28.6 Å². The number of thiol groups is 1. The summed E-state index contributed by atoms with van der Waals surface area (Å²) in [5.74, 6) is 0.267. The van der Waals surface area contributed by atoms with Crippen molar-refractivity contribution in [1.82, 2.24) is 9.88 Å². The van der Waals surface area contributed by atoms with Crippen LogP contribution in [0.4, 0.5) is 0 Å². The predicted molar refractivity (Wildman–Crippen MR) is 54.6 cm³/mol. The molecule has 0 aromatic carbocycles. The minimum absolute atomic E-state index is 0.0205. The van der Waals surface area contributed by atoms with Crippen molar-refractivity contribution in [2.45, 2.75) is 6.54 Å². The average Bonchev–Trinajstić information content (AvgIpc) is 2.18. The zero-order valence-electron chi connectivity index (χ0n) is 7.47. The molecule has 1 amide bonds. The number of aromatic nitrogens is 1. The van der Waals surface area contributed by atoms with Gasteiger partial charge in [-0.3, -0.25) is 9.78 Å². The van der Waals surface area contributed by atoms with Gasteiger partial charge in [-0.15, -0.1) is 0 Å². The van der Waals surface area contributed by atoms with Crippen LogP contribution in [0.1, 0.15) is 5.56 Å². The van der Waals surface area contributed by atoms with E-state index in [2.05, 4.69) is 17.6 Å². The highest BCUT2D eigenvalue weighted by Gasteiger charge is 2.05. The lowest BCUT2D eigenvalue weighted by Crippen LogP contribution is -2.27. The molecule has 70 valence electrons. The molecule has 0 bridgehead atoms. The molecule has 13 heavy (non-hydrogen) atoms. The largest absolute Gasteiger partial charge is 0.341 e. The molecule has 0 atom stereocenters. The summed E-state index contributed by atoms with van der Waals surface area (Å²) in [6, 6.07) is 3.80. The van der Waals surface area contributed by atoms with E-state index in [1.165, 1.54) is 0 Å². The van der Waals surface area contributed by atoms with Crippen molar-refractivity contribution in [1.29, 1.82) is 0 Å². The summed E-state index contributed by atoms with van der Waals surface area (Å²) in [6.07, 6.45) is 3.46. The number of hydrogen-bond acceptors (Lipinski definition) is 3. The Bertz CT molecular complexity index is 276. The van der Waals surface area contributed by atoms with E-state index in [0.29, 0.717) is 6.54 Å². The Balaban J connectivity index is 2.55. The Kier molecular flexibility index (Phi) is 3.76. The van der Waals surface area contributed by atoms with Crippen LogP contribution >= 0.6 is 12.6 Å². The van der Waals surface area contributed by atoms with Gasteiger partial charge in [0.15, 0.2) is 0 Å². The van der Waals surface area contributed by atoms with Crippen molar-refractivity contribution in [2.24, 2.45) is 0 Å². The van der Waals surface area contributed by atoms with Crippen molar-refractivity contribution < 1.29 is 4.79 Å². The molecule has 0 aliphatic carbocycles. The molecule has 1 aromatic rings. The first-order valence-electron chi connectivity index (χ1n) is 3.97. The second kappa shape index (κ2) is 4.87. The number of amides is 1. The van der Waals surface area contributed by atoms with Crippen LogP contribution in [0.15, 0.2) is 24.5 Å². The summed E-state index contributed by atoms with van der Waals surface area (Å²) < 4.78 is 0. The monoisotopic (exact) mass is 196 g/mol. The number of carbonyl (C=O) groups excluding carboxylic acids is 1. The maximum Gasteiger partial charge on any atom is 0.232 e. The third-order valence-electron chi connectivity index (χ3n) is 1.70. The Morgan fingerprint density at radius 1 is 1.69 bits per heavy atom. The van der Waals surface area contributed by atoms with Crippen molar-refractivity contribution in [3.8, 4) is 0 Å². The summed E-state index contributed by atoms with van der Waals surface area (Å²) in [5.41, 5.74) is 1.03. The van der Waals surface area contributed by atoms with Crippen LogP contribution in [-0.2, 0) is 11.3 Å². The highest BCUT2D eigenvalue weighted by molar-refractivity contribution is 7.81. The molecule has 1 aromatic heterocycles. The first-order valence-corrected chi connectivity index (χ1v) is 4.61. The van der Waals surface area contributed by atoms with E-state index >= 15 is 0 Å². The molecule has 0 saturated carbocycles. The molecular formula is C9H12N2OS. The van der Waals surface area contributed by atoms with Gasteiger partial charge in [0.1, 0.15) is 0 Å². The first kappa shape index (κ1) is 10.1. The number of carbonyl (C=O) groups is 1. The summed E-state index contributed by atoms with van der Waals surface area (Å²) in [5, 5.41) is 0. The standard InChI is InChI=1S/C9H12N2OS/c1-11(9(12)7-13)6-8-3-2-4-10-5-8/h2-5,13H,6-7H2,1H3. The van der Waals surface area contributed by atoms with Crippen LogP contribution < -0.4 is 0 Å². The fraction of sp³-hybridized carbons (Fsp3) is 0.333. The molecule has 0 fully saturated rings. The molecular weight excluding hydrogens is 184 g/mol. The van der Waals surface area contributed by atoms with Crippen molar-refractivity contribution in [3.63, 3.8) is 0 Å². The number of pyridine rings is 1. The fourth-order valence-electron chi connectivity index (χ4n) is 0.974. The van der Waals surface area contributed by atoms with Crippen LogP contribution in [0.3, 0.4) is 0 Å². The van der Waals surface area contributed by atoms with Crippen LogP contribution in [0, 0.1) is 0 Å². The lowest BCUT2D eigenvalue weighted by Gasteiger charge is -2.15. The van der Waals surface area contributed by atoms with Crippen LogP contribution in [0.25, 0.3) is 0 Å². The highest BCUT2D eigenvalue weighted by atomic mass is 32.1. The topological polar surface area (TPSA) is 33.2 Å². The van der Waals surface area contributed by atoms with Gasteiger partial charge in [0.2, 0.25) is 5.91 Å². The van der Waals surface area contributed by atoms with Gasteiger partial charge < -0.3 is 4.90 Å². The summed E-state index contributed by atoms with van der Waals surface area (Å²) in [7, 11) is 1.76. The highest BCUT2D eigenvalue weighted by Crippen LogP contribution is 2.00. The van der Waals surface area contributed by atoms with E-state index in [1.54, 1.807) is 24.3 Å². The van der Waals surface area contributed by atoms with Gasteiger partial charge >= 0.3 is 0 Å². The summed E-state index contributed by atoms with van der Waals surface area (Å²) in [6.45, 7) is 0.591. The molecule has 0 aliphatic heterocycles. The minimum atomic E-state index is 0.0205. The summed E-state index contributed by atoms with van der Waals surface area (Å²) >= 11 is 3.91. The third-order valence-corrected chi connectivity index (χ3v) is 1.97. The molecule has 0 N–H and O–H groups in total. The molecule has 0 aliphatic rings. The van der Waals surface area contributed by atoms with Crippen molar-refractivity contribution in [3.05, 3.63) is 30.1 Å². The molecule has 1 rings (SSSR count). The predicted octanol–water partition coefficient (Wildman–Crippen LogP) is 0.970. The van der Waals surface area contributed by atoms with E-state index in [0.717, 1.165) is 5.56 Å². The van der Waals surface area contributed by atoms with E-state index in [9.17, 15) is 4.79 Å². The zero-order chi connectivity index (χ0) is 9.68. The maximum absolute atomic E-state index is 11.1. The second-order valence-corrected chi connectivity index (χ2v) is 3.09. The van der Waals surface area contributed by atoms with Gasteiger partial charge in [-0.2, -0.15) is 12.6 Å². The van der Waals surface area contributed by atoms with Crippen LogP contribution in [0.5, 0.6) is 0 Å². The molecule has 0 radical (unpaired) electrons. The lowest BCUT2D eigenvalue weighted by molar-refractivity contribution is -0.127. The summed E-state index contributed by atoms with van der Waals surface area (Å²) in [4.78, 5) is 16.7. The Hall–Kier alpha value is -1.03. The van der Waals surface area contributed by atoms with Gasteiger partial charge in [0.25, 0.3) is 0 Å². The van der Waals surface area contributed by atoms with E-state index < -0.39 is 0 Å². The molecule has 0 unspecified atom stereocenters. The second-order valence-electron chi connectivity index (χ2n) is 2.77. The molecule has 1 heterocycles. The van der Waals surface area contributed by atoms with E-state index in [1.807, 2.05) is 12.1 Å². The van der Waals surface area contributed by atoms with Crippen molar-refractivity contribution in [2.75, 3.05) is 12.8 Å². The molecule has 4 heteroatoms. The van der Waals surface area contributed by atoms with Gasteiger partial charge in [-0.1, -0.05) is 6.07 Å². The number of nitrogens with zero attached hydrogens (tertiary/aromatic N) is 2. The fourth-order valence-corrected chi connectivity index (χ4v) is 1.22. The van der Waals surface area contributed by atoms with E-state index in [4.69, 9.17) is 0 Å². The van der Waals surface area contributed by atoms with E-state index in [-0.39, 0.29) is 11.7 Å². The van der Waals surface area contributed by atoms with Crippen LogP contribution in [0.2, 0.25) is 0 Å². The molecule has 0 saturated heterocycles. The van der Waals surface area contributed by atoms with Gasteiger partial charge in [0.05, 0.1) is 5.75 Å². The van der Waals surface area contributed by atoms with Crippen molar-refractivity contribution >= 4 is 18.5 Å². The first-order chi connectivity index (χ1) is 6.24. The lowest BCUT2D eigenvalue weighted by atomic mass is 10.3. The maximum atomic E-state index is 11.1. The minimum Gasteiger partial charge on any atom is -0.341 e. The Morgan fingerprint density at radius 3 is 3.00 bits per heavy atom. The molecule has 0 spiro atoms. The Labute approximate surface area is 83.2 Å². The smallest absolute Gasteiger partial charge is 0.232 e. The average molecular weight is 196 g/mol. The normalized spacial score (nSPS) is 9.69. The third kappa shape index (κ3) is 3.06. The van der Waals surface area contributed by atoms with Gasteiger partial charge in [0, 0.05) is 26.0 Å². The number of hydrogen-bond donors (Lipinski definition) is 1.